The predicted molar refractivity (Wildman–Crippen MR) is 63.1 cm³/mol. The maximum atomic E-state index is 11.8. The van der Waals surface area contributed by atoms with Gasteiger partial charge in [0.1, 0.15) is 6.04 Å². The molecular formula is C11H8BrNO4. The summed E-state index contributed by atoms with van der Waals surface area (Å²) in [7, 11) is 0. The molecule has 6 heteroatoms. The van der Waals surface area contributed by atoms with Gasteiger partial charge in [0.2, 0.25) is 0 Å². The lowest BCUT2D eigenvalue weighted by Crippen LogP contribution is -2.42. The summed E-state index contributed by atoms with van der Waals surface area (Å²) in [5.41, 5.74) is 0.565. The van der Waals surface area contributed by atoms with E-state index in [0.29, 0.717) is 10.2 Å². The van der Waals surface area contributed by atoms with Crippen molar-refractivity contribution in [2.24, 2.45) is 0 Å². The zero-order valence-corrected chi connectivity index (χ0v) is 10.4. The van der Waals surface area contributed by atoms with Gasteiger partial charge in [-0.2, -0.15) is 0 Å². The second-order valence-electron chi connectivity index (χ2n) is 3.65. The van der Waals surface area contributed by atoms with Crippen LogP contribution in [0.3, 0.4) is 0 Å². The number of benzene rings is 1. The SMILES string of the molecule is CC(C(=O)O)N1C(=O)C(=O)c2c(Br)cccc21. The topological polar surface area (TPSA) is 74.7 Å². The van der Waals surface area contributed by atoms with Gasteiger partial charge in [-0.1, -0.05) is 6.07 Å². The normalized spacial score (nSPS) is 16.0. The van der Waals surface area contributed by atoms with Gasteiger partial charge >= 0.3 is 5.97 Å². The third kappa shape index (κ3) is 1.64. The summed E-state index contributed by atoms with van der Waals surface area (Å²) in [5, 5.41) is 8.92. The van der Waals surface area contributed by atoms with Crippen LogP contribution in [0.15, 0.2) is 22.7 Å². The fraction of sp³-hybridized carbons (Fsp3) is 0.182. The van der Waals surface area contributed by atoms with Gasteiger partial charge in [0.15, 0.2) is 0 Å². The van der Waals surface area contributed by atoms with Crippen LogP contribution in [0.1, 0.15) is 17.3 Å². The average molecular weight is 298 g/mol. The summed E-state index contributed by atoms with van der Waals surface area (Å²) in [5.74, 6) is -2.64. The molecule has 1 N–H and O–H groups in total. The first-order valence-electron chi connectivity index (χ1n) is 4.84. The first kappa shape index (κ1) is 11.8. The summed E-state index contributed by atoms with van der Waals surface area (Å²) in [6.07, 6.45) is 0. The third-order valence-corrected chi connectivity index (χ3v) is 3.30. The zero-order chi connectivity index (χ0) is 12.7. The second-order valence-corrected chi connectivity index (χ2v) is 4.51. The fourth-order valence-corrected chi connectivity index (χ4v) is 2.29. The first-order valence-corrected chi connectivity index (χ1v) is 5.63. The summed E-state index contributed by atoms with van der Waals surface area (Å²) in [6.45, 7) is 1.36. The summed E-state index contributed by atoms with van der Waals surface area (Å²) in [4.78, 5) is 35.4. The number of amides is 1. The number of nitrogens with zero attached hydrogens (tertiary/aromatic N) is 1. The number of carbonyl (C=O) groups excluding carboxylic acids is 2. The van der Waals surface area contributed by atoms with E-state index in [2.05, 4.69) is 15.9 Å². The Balaban J connectivity index is 2.60. The van der Waals surface area contributed by atoms with Gasteiger partial charge in [-0.25, -0.2) is 4.79 Å². The molecule has 1 aromatic carbocycles. The highest BCUT2D eigenvalue weighted by Gasteiger charge is 2.41. The minimum absolute atomic E-state index is 0.227. The van der Waals surface area contributed by atoms with Crippen molar-refractivity contribution in [3.05, 3.63) is 28.2 Å². The molecule has 0 aromatic heterocycles. The molecule has 1 amide bonds. The number of halogens is 1. The lowest BCUT2D eigenvalue weighted by atomic mass is 10.1. The van der Waals surface area contributed by atoms with E-state index in [4.69, 9.17) is 5.11 Å². The number of carboxylic acid groups (broad SMARTS) is 1. The third-order valence-electron chi connectivity index (χ3n) is 2.64. The van der Waals surface area contributed by atoms with Crippen LogP contribution < -0.4 is 4.90 Å². The van der Waals surface area contributed by atoms with E-state index in [0.717, 1.165) is 4.90 Å². The fourth-order valence-electron chi connectivity index (χ4n) is 1.76. The minimum Gasteiger partial charge on any atom is -0.480 e. The van der Waals surface area contributed by atoms with Crippen LogP contribution in [-0.4, -0.2) is 28.8 Å². The smallest absolute Gasteiger partial charge is 0.326 e. The number of aliphatic carboxylic acids is 1. The number of carboxylic acids is 1. The van der Waals surface area contributed by atoms with E-state index in [1.54, 1.807) is 18.2 Å². The Labute approximate surface area is 105 Å². The van der Waals surface area contributed by atoms with Crippen molar-refractivity contribution in [3.8, 4) is 0 Å². The molecule has 1 aliphatic rings. The highest BCUT2D eigenvalue weighted by molar-refractivity contribution is 9.10. The van der Waals surface area contributed by atoms with Crippen LogP contribution >= 0.6 is 15.9 Å². The molecule has 5 nitrogen and oxygen atoms in total. The molecule has 0 fully saturated rings. The molecule has 0 spiro atoms. The van der Waals surface area contributed by atoms with Crippen LogP contribution in [0, 0.1) is 0 Å². The van der Waals surface area contributed by atoms with Crippen molar-refractivity contribution >= 4 is 39.3 Å². The molecule has 1 aliphatic heterocycles. The highest BCUT2D eigenvalue weighted by Crippen LogP contribution is 2.35. The van der Waals surface area contributed by atoms with E-state index in [-0.39, 0.29) is 5.56 Å². The highest BCUT2D eigenvalue weighted by atomic mass is 79.9. The Morgan fingerprint density at radius 1 is 1.41 bits per heavy atom. The Morgan fingerprint density at radius 2 is 2.06 bits per heavy atom. The van der Waals surface area contributed by atoms with Crippen LogP contribution in [0.5, 0.6) is 0 Å². The Hall–Kier alpha value is -1.69. The summed E-state index contributed by atoms with van der Waals surface area (Å²) in [6, 6.07) is 3.78. The quantitative estimate of drug-likeness (QED) is 0.839. The van der Waals surface area contributed by atoms with Crippen LogP contribution in [0.25, 0.3) is 0 Å². The number of hydrogen-bond acceptors (Lipinski definition) is 3. The number of rotatable bonds is 2. The lowest BCUT2D eigenvalue weighted by molar-refractivity contribution is -0.139. The molecular weight excluding hydrogens is 290 g/mol. The van der Waals surface area contributed by atoms with Gasteiger partial charge < -0.3 is 5.11 Å². The molecule has 0 bridgehead atoms. The number of fused-ring (bicyclic) bond motifs is 1. The number of hydrogen-bond donors (Lipinski definition) is 1. The molecule has 17 heavy (non-hydrogen) atoms. The zero-order valence-electron chi connectivity index (χ0n) is 8.81. The number of carbonyl (C=O) groups is 3. The van der Waals surface area contributed by atoms with E-state index in [1.165, 1.54) is 6.92 Å². The molecule has 1 aromatic rings. The molecule has 0 saturated heterocycles. The van der Waals surface area contributed by atoms with Crippen molar-refractivity contribution in [2.45, 2.75) is 13.0 Å². The maximum absolute atomic E-state index is 11.8. The standard InChI is InChI=1S/C11H8BrNO4/c1-5(11(16)17)13-7-4-2-3-6(12)8(7)9(14)10(13)15/h2-5H,1H3,(H,16,17). The molecule has 88 valence electrons. The first-order chi connectivity index (χ1) is 7.95. The predicted octanol–water partition coefficient (Wildman–Crippen LogP) is 1.45. The van der Waals surface area contributed by atoms with E-state index >= 15 is 0 Å². The Kier molecular flexibility index (Phi) is 2.74. The van der Waals surface area contributed by atoms with Crippen LogP contribution in [-0.2, 0) is 9.59 Å². The molecule has 1 atom stereocenters. The van der Waals surface area contributed by atoms with Gasteiger partial charge in [0.05, 0.1) is 11.3 Å². The second kappa shape index (κ2) is 3.96. The van der Waals surface area contributed by atoms with Crippen molar-refractivity contribution < 1.29 is 19.5 Å². The summed E-state index contributed by atoms with van der Waals surface area (Å²) >= 11 is 3.18. The Bertz CT molecular complexity index is 540. The van der Waals surface area contributed by atoms with Gasteiger partial charge in [0.25, 0.3) is 11.7 Å². The maximum Gasteiger partial charge on any atom is 0.326 e. The molecule has 0 aliphatic carbocycles. The number of anilines is 1. The van der Waals surface area contributed by atoms with Gasteiger partial charge in [-0.05, 0) is 35.0 Å². The number of ketones is 1. The van der Waals surface area contributed by atoms with Crippen molar-refractivity contribution in [1.29, 1.82) is 0 Å². The molecule has 0 saturated carbocycles. The Morgan fingerprint density at radius 3 is 2.65 bits per heavy atom. The van der Waals surface area contributed by atoms with Crippen molar-refractivity contribution in [3.63, 3.8) is 0 Å². The van der Waals surface area contributed by atoms with E-state index in [1.807, 2.05) is 0 Å². The van der Waals surface area contributed by atoms with E-state index in [9.17, 15) is 14.4 Å². The lowest BCUT2D eigenvalue weighted by Gasteiger charge is -2.20. The van der Waals surface area contributed by atoms with Crippen LogP contribution in [0.2, 0.25) is 0 Å². The van der Waals surface area contributed by atoms with Gasteiger partial charge in [-0.3, -0.25) is 14.5 Å². The van der Waals surface area contributed by atoms with Gasteiger partial charge in [-0.15, -0.1) is 0 Å². The van der Waals surface area contributed by atoms with Gasteiger partial charge in [0, 0.05) is 4.47 Å². The largest absolute Gasteiger partial charge is 0.480 e. The van der Waals surface area contributed by atoms with E-state index < -0.39 is 23.7 Å². The summed E-state index contributed by atoms with van der Waals surface area (Å²) < 4.78 is 0.494. The van der Waals surface area contributed by atoms with Crippen molar-refractivity contribution in [1.82, 2.24) is 0 Å². The minimum atomic E-state index is -1.15. The number of Topliss-reactive ketones (excluding diaryl/α,β-unsaturated/α-hetero) is 1. The molecule has 2 rings (SSSR count). The van der Waals surface area contributed by atoms with Crippen molar-refractivity contribution in [2.75, 3.05) is 4.90 Å². The molecule has 0 radical (unpaired) electrons. The molecule has 1 unspecified atom stereocenters. The molecule has 1 heterocycles. The monoisotopic (exact) mass is 297 g/mol. The average Bonchev–Trinajstić information content (AvgIpc) is 2.52. The van der Waals surface area contributed by atoms with Crippen LogP contribution in [0.4, 0.5) is 5.69 Å².